The van der Waals surface area contributed by atoms with Gasteiger partial charge < -0.3 is 19.9 Å². The zero-order valence-corrected chi connectivity index (χ0v) is 13.6. The van der Waals surface area contributed by atoms with Gasteiger partial charge in [0.15, 0.2) is 0 Å². The van der Waals surface area contributed by atoms with Gasteiger partial charge >= 0.3 is 0 Å². The Morgan fingerprint density at radius 1 is 1.48 bits per heavy atom. The van der Waals surface area contributed by atoms with Crippen molar-refractivity contribution in [3.05, 3.63) is 23.4 Å². The van der Waals surface area contributed by atoms with E-state index in [-0.39, 0.29) is 24.9 Å². The summed E-state index contributed by atoms with van der Waals surface area (Å²) in [7, 11) is 0. The van der Waals surface area contributed by atoms with Crippen LogP contribution in [0.2, 0.25) is 0 Å². The molecule has 1 aliphatic rings. The van der Waals surface area contributed by atoms with E-state index in [9.17, 15) is 4.79 Å². The summed E-state index contributed by atoms with van der Waals surface area (Å²) in [6.45, 7) is 4.99. The van der Waals surface area contributed by atoms with Crippen LogP contribution in [0.4, 0.5) is 0 Å². The second-order valence-electron chi connectivity index (χ2n) is 4.99. The van der Waals surface area contributed by atoms with Crippen molar-refractivity contribution >= 4 is 18.3 Å². The molecule has 126 valence electrons. The van der Waals surface area contributed by atoms with Crippen LogP contribution in [-0.4, -0.2) is 52.0 Å². The van der Waals surface area contributed by atoms with E-state index >= 15 is 0 Å². The maximum Gasteiger partial charge on any atom is 0.278 e. The zero-order valence-electron chi connectivity index (χ0n) is 12.7. The summed E-state index contributed by atoms with van der Waals surface area (Å²) >= 11 is 0. The van der Waals surface area contributed by atoms with E-state index in [0.717, 1.165) is 31.9 Å². The summed E-state index contributed by atoms with van der Waals surface area (Å²) in [6.07, 6.45) is 2.62. The number of rotatable bonds is 5. The lowest BCUT2D eigenvalue weighted by atomic mass is 10.4. The molecule has 1 amide bonds. The molecule has 0 unspecified atom stereocenters. The summed E-state index contributed by atoms with van der Waals surface area (Å²) < 4.78 is 11.9. The predicted molar refractivity (Wildman–Crippen MR) is 82.9 cm³/mol. The summed E-state index contributed by atoms with van der Waals surface area (Å²) in [4.78, 5) is 16.5. The Morgan fingerprint density at radius 3 is 3.13 bits per heavy atom. The second-order valence-corrected chi connectivity index (χ2v) is 4.99. The SMILES string of the molecule is Cc1nonc1OCCNC(=O)c1cn2c(n1)CCNCC2.Cl. The third kappa shape index (κ3) is 4.20. The number of amides is 1. The number of nitrogens with one attached hydrogen (secondary N) is 2. The van der Waals surface area contributed by atoms with Gasteiger partial charge in [-0.3, -0.25) is 4.79 Å². The molecule has 0 aliphatic carbocycles. The molecule has 9 nitrogen and oxygen atoms in total. The van der Waals surface area contributed by atoms with Gasteiger partial charge in [0.2, 0.25) is 0 Å². The molecule has 0 spiro atoms. The number of imidazole rings is 1. The van der Waals surface area contributed by atoms with E-state index in [1.54, 1.807) is 13.1 Å². The Kier molecular flexibility index (Phi) is 5.94. The lowest BCUT2D eigenvalue weighted by Crippen LogP contribution is -2.28. The molecule has 0 atom stereocenters. The molecule has 0 radical (unpaired) electrons. The Bertz CT molecular complexity index is 632. The Morgan fingerprint density at radius 2 is 2.35 bits per heavy atom. The molecule has 0 saturated heterocycles. The molecule has 2 aromatic rings. The van der Waals surface area contributed by atoms with Crippen molar-refractivity contribution < 1.29 is 14.2 Å². The molecule has 3 heterocycles. The number of carbonyl (C=O) groups is 1. The number of nitrogens with zero attached hydrogens (tertiary/aromatic N) is 4. The molecule has 0 fully saturated rings. The largest absolute Gasteiger partial charge is 0.472 e. The molecule has 0 saturated carbocycles. The number of hydrogen-bond acceptors (Lipinski definition) is 7. The zero-order chi connectivity index (χ0) is 15.4. The van der Waals surface area contributed by atoms with Crippen LogP contribution in [0.15, 0.2) is 10.8 Å². The molecule has 2 aromatic heterocycles. The van der Waals surface area contributed by atoms with Crippen LogP contribution in [-0.2, 0) is 13.0 Å². The van der Waals surface area contributed by atoms with Gasteiger partial charge in [0, 0.05) is 32.3 Å². The highest BCUT2D eigenvalue weighted by Crippen LogP contribution is 2.09. The molecule has 10 heteroatoms. The summed E-state index contributed by atoms with van der Waals surface area (Å²) in [5, 5.41) is 13.3. The Labute approximate surface area is 139 Å². The van der Waals surface area contributed by atoms with Gasteiger partial charge in [0.1, 0.15) is 23.8 Å². The van der Waals surface area contributed by atoms with Crippen molar-refractivity contribution in [2.75, 3.05) is 26.2 Å². The van der Waals surface area contributed by atoms with Crippen molar-refractivity contribution in [3.8, 4) is 5.88 Å². The highest BCUT2D eigenvalue weighted by atomic mass is 35.5. The minimum atomic E-state index is -0.202. The van der Waals surface area contributed by atoms with E-state index < -0.39 is 0 Å². The molecule has 2 N–H and O–H groups in total. The molecule has 23 heavy (non-hydrogen) atoms. The van der Waals surface area contributed by atoms with Crippen molar-refractivity contribution in [2.24, 2.45) is 0 Å². The average Bonchev–Trinajstić information content (AvgIpc) is 3.04. The first-order chi connectivity index (χ1) is 10.7. The minimum Gasteiger partial charge on any atom is -0.472 e. The van der Waals surface area contributed by atoms with E-state index in [2.05, 4.69) is 30.6 Å². The van der Waals surface area contributed by atoms with Crippen LogP contribution in [0, 0.1) is 6.92 Å². The number of aromatic nitrogens is 4. The van der Waals surface area contributed by atoms with Gasteiger partial charge in [0.25, 0.3) is 11.8 Å². The maximum absolute atomic E-state index is 12.1. The van der Waals surface area contributed by atoms with Gasteiger partial charge in [0.05, 0.1) is 6.54 Å². The smallest absolute Gasteiger partial charge is 0.278 e. The van der Waals surface area contributed by atoms with Gasteiger partial charge in [-0.25, -0.2) is 9.61 Å². The molecular weight excluding hydrogens is 324 g/mol. The fourth-order valence-electron chi connectivity index (χ4n) is 2.24. The average molecular weight is 343 g/mol. The Balaban J connectivity index is 0.00000192. The van der Waals surface area contributed by atoms with Crippen LogP contribution < -0.4 is 15.4 Å². The quantitative estimate of drug-likeness (QED) is 0.733. The van der Waals surface area contributed by atoms with Crippen LogP contribution in [0.3, 0.4) is 0 Å². The maximum atomic E-state index is 12.1. The first-order valence-corrected chi connectivity index (χ1v) is 7.21. The number of halogens is 1. The minimum absolute atomic E-state index is 0. The number of ether oxygens (including phenoxy) is 1. The fraction of sp³-hybridized carbons (Fsp3) is 0.538. The van der Waals surface area contributed by atoms with Crippen molar-refractivity contribution in [1.82, 2.24) is 30.5 Å². The third-order valence-corrected chi connectivity index (χ3v) is 3.38. The highest BCUT2D eigenvalue weighted by molar-refractivity contribution is 5.92. The lowest BCUT2D eigenvalue weighted by Gasteiger charge is -2.04. The number of hydrogen-bond donors (Lipinski definition) is 2. The third-order valence-electron chi connectivity index (χ3n) is 3.38. The number of aryl methyl sites for hydroxylation is 1. The number of carbonyl (C=O) groups excluding carboxylic acids is 1. The topological polar surface area (TPSA) is 107 Å². The monoisotopic (exact) mass is 342 g/mol. The van der Waals surface area contributed by atoms with E-state index in [1.165, 1.54) is 0 Å². The molecule has 0 bridgehead atoms. The fourth-order valence-corrected chi connectivity index (χ4v) is 2.24. The van der Waals surface area contributed by atoms with Crippen molar-refractivity contribution in [3.63, 3.8) is 0 Å². The van der Waals surface area contributed by atoms with Crippen LogP contribution in [0.1, 0.15) is 22.0 Å². The molecule has 0 aromatic carbocycles. The number of fused-ring (bicyclic) bond motifs is 1. The van der Waals surface area contributed by atoms with Crippen molar-refractivity contribution in [1.29, 1.82) is 0 Å². The van der Waals surface area contributed by atoms with Gasteiger partial charge in [-0.1, -0.05) is 5.16 Å². The molecule has 1 aliphatic heterocycles. The van der Waals surface area contributed by atoms with Gasteiger partial charge in [-0.2, -0.15) is 0 Å². The van der Waals surface area contributed by atoms with Crippen molar-refractivity contribution in [2.45, 2.75) is 19.9 Å². The first-order valence-electron chi connectivity index (χ1n) is 7.21. The molecular formula is C13H19ClN6O3. The summed E-state index contributed by atoms with van der Waals surface area (Å²) in [5.74, 6) is 1.08. The van der Waals surface area contributed by atoms with E-state index in [1.807, 2.05) is 4.57 Å². The predicted octanol–water partition coefficient (Wildman–Crippen LogP) is -0.0492. The lowest BCUT2D eigenvalue weighted by molar-refractivity contribution is 0.0941. The van der Waals surface area contributed by atoms with E-state index in [0.29, 0.717) is 23.8 Å². The summed E-state index contributed by atoms with van der Waals surface area (Å²) in [5.41, 5.74) is 1.02. The standard InChI is InChI=1S/C13H18N6O3.ClH/c1-9-13(18-22-17-9)21-7-5-15-12(20)10-8-19-6-4-14-3-2-11(19)16-10;/h8,14H,2-7H2,1H3,(H,15,20);1H. The normalized spacial score (nSPS) is 13.6. The second kappa shape index (κ2) is 7.93. The van der Waals surface area contributed by atoms with Crippen LogP contribution in [0.5, 0.6) is 5.88 Å². The van der Waals surface area contributed by atoms with E-state index in [4.69, 9.17) is 4.74 Å². The Hall–Kier alpha value is -2.13. The highest BCUT2D eigenvalue weighted by Gasteiger charge is 2.15. The summed E-state index contributed by atoms with van der Waals surface area (Å²) in [6, 6.07) is 0. The van der Waals surface area contributed by atoms with Crippen LogP contribution >= 0.6 is 12.4 Å². The molecule has 3 rings (SSSR count). The first kappa shape index (κ1) is 17.2. The van der Waals surface area contributed by atoms with Gasteiger partial charge in [-0.05, 0) is 12.1 Å². The van der Waals surface area contributed by atoms with Gasteiger partial charge in [-0.15, -0.1) is 12.4 Å². The van der Waals surface area contributed by atoms with Crippen LogP contribution in [0.25, 0.3) is 0 Å².